The van der Waals surface area contributed by atoms with Crippen molar-refractivity contribution < 1.29 is 4.74 Å². The smallest absolute Gasteiger partial charge is 0.132 e. The van der Waals surface area contributed by atoms with Crippen LogP contribution in [-0.4, -0.2) is 0 Å². The molecule has 18 heavy (non-hydrogen) atoms. The molecular weight excluding hydrogens is 222 g/mol. The molecule has 2 N–H and O–H groups in total. The molecule has 0 saturated heterocycles. The van der Waals surface area contributed by atoms with Crippen LogP contribution in [0.3, 0.4) is 0 Å². The maximum Gasteiger partial charge on any atom is 0.132 e. The lowest BCUT2D eigenvalue weighted by molar-refractivity contribution is 0.465. The van der Waals surface area contributed by atoms with E-state index in [1.807, 2.05) is 55.5 Å². The van der Waals surface area contributed by atoms with E-state index in [1.54, 1.807) is 0 Å². The van der Waals surface area contributed by atoms with E-state index in [-0.39, 0.29) is 6.04 Å². The first-order valence-electron chi connectivity index (χ1n) is 6.30. The van der Waals surface area contributed by atoms with Gasteiger partial charge in [0.2, 0.25) is 0 Å². The second kappa shape index (κ2) is 5.69. The van der Waals surface area contributed by atoms with E-state index in [1.165, 1.54) is 0 Å². The van der Waals surface area contributed by atoms with Gasteiger partial charge in [0.25, 0.3) is 0 Å². The number of nitrogens with two attached hydrogens (primary N) is 1. The van der Waals surface area contributed by atoms with Crippen molar-refractivity contribution in [1.29, 1.82) is 0 Å². The van der Waals surface area contributed by atoms with E-state index in [2.05, 4.69) is 6.92 Å². The van der Waals surface area contributed by atoms with Gasteiger partial charge in [0.15, 0.2) is 0 Å². The fourth-order valence-corrected chi connectivity index (χ4v) is 1.89. The SMILES string of the molecule is CCC(N)c1ccccc1Oc1ccccc1C. The van der Waals surface area contributed by atoms with Crippen LogP contribution in [0.25, 0.3) is 0 Å². The summed E-state index contributed by atoms with van der Waals surface area (Å²) in [6.07, 6.45) is 0.897. The third-order valence-electron chi connectivity index (χ3n) is 3.07. The number of hydrogen-bond donors (Lipinski definition) is 1. The van der Waals surface area contributed by atoms with Crippen LogP contribution >= 0.6 is 0 Å². The molecule has 0 aliphatic rings. The van der Waals surface area contributed by atoms with Gasteiger partial charge in [0, 0.05) is 11.6 Å². The van der Waals surface area contributed by atoms with Crippen molar-refractivity contribution in [2.75, 3.05) is 0 Å². The Bertz CT molecular complexity index is 522. The van der Waals surface area contributed by atoms with Gasteiger partial charge in [-0.2, -0.15) is 0 Å². The third kappa shape index (κ3) is 2.71. The van der Waals surface area contributed by atoms with Crippen LogP contribution in [0.4, 0.5) is 0 Å². The van der Waals surface area contributed by atoms with Gasteiger partial charge in [0.05, 0.1) is 0 Å². The second-order valence-electron chi connectivity index (χ2n) is 4.42. The van der Waals surface area contributed by atoms with E-state index in [9.17, 15) is 0 Å². The summed E-state index contributed by atoms with van der Waals surface area (Å²) in [5.41, 5.74) is 8.29. The van der Waals surface area contributed by atoms with Crippen molar-refractivity contribution in [2.24, 2.45) is 5.73 Å². The summed E-state index contributed by atoms with van der Waals surface area (Å²) < 4.78 is 5.98. The fourth-order valence-electron chi connectivity index (χ4n) is 1.89. The third-order valence-corrected chi connectivity index (χ3v) is 3.07. The fraction of sp³-hybridized carbons (Fsp3) is 0.250. The minimum atomic E-state index is 0.0187. The van der Waals surface area contributed by atoms with Gasteiger partial charge in [-0.3, -0.25) is 0 Å². The first-order chi connectivity index (χ1) is 8.72. The van der Waals surface area contributed by atoms with Crippen molar-refractivity contribution in [1.82, 2.24) is 0 Å². The molecule has 0 amide bonds. The summed E-state index contributed by atoms with van der Waals surface area (Å²) in [5.74, 6) is 1.73. The van der Waals surface area contributed by atoms with Crippen LogP contribution in [0.15, 0.2) is 48.5 Å². The van der Waals surface area contributed by atoms with Crippen molar-refractivity contribution in [3.05, 3.63) is 59.7 Å². The molecule has 2 heteroatoms. The van der Waals surface area contributed by atoms with Crippen molar-refractivity contribution in [2.45, 2.75) is 26.3 Å². The lowest BCUT2D eigenvalue weighted by Crippen LogP contribution is -2.09. The summed E-state index contributed by atoms with van der Waals surface area (Å²) in [6.45, 7) is 4.12. The Labute approximate surface area is 108 Å². The van der Waals surface area contributed by atoms with E-state index in [0.29, 0.717) is 0 Å². The summed E-state index contributed by atoms with van der Waals surface area (Å²) in [6, 6.07) is 16.0. The Kier molecular flexibility index (Phi) is 4.00. The lowest BCUT2D eigenvalue weighted by Gasteiger charge is -2.16. The van der Waals surface area contributed by atoms with Gasteiger partial charge in [-0.05, 0) is 31.0 Å². The Morgan fingerprint density at radius 3 is 2.28 bits per heavy atom. The molecule has 0 saturated carbocycles. The summed E-state index contributed by atoms with van der Waals surface area (Å²) in [5, 5.41) is 0. The highest BCUT2D eigenvalue weighted by molar-refractivity contribution is 5.42. The van der Waals surface area contributed by atoms with Gasteiger partial charge in [0.1, 0.15) is 11.5 Å². The average Bonchev–Trinajstić information content (AvgIpc) is 2.41. The van der Waals surface area contributed by atoms with E-state index < -0.39 is 0 Å². The van der Waals surface area contributed by atoms with Gasteiger partial charge in [-0.1, -0.05) is 43.3 Å². The Morgan fingerprint density at radius 1 is 1.00 bits per heavy atom. The topological polar surface area (TPSA) is 35.2 Å². The van der Waals surface area contributed by atoms with Crippen molar-refractivity contribution in [3.63, 3.8) is 0 Å². The molecule has 2 aromatic carbocycles. The van der Waals surface area contributed by atoms with E-state index in [0.717, 1.165) is 29.0 Å². The molecule has 0 aliphatic heterocycles. The molecule has 2 nitrogen and oxygen atoms in total. The quantitative estimate of drug-likeness (QED) is 0.870. The van der Waals surface area contributed by atoms with E-state index >= 15 is 0 Å². The molecule has 0 radical (unpaired) electrons. The van der Waals surface area contributed by atoms with Crippen molar-refractivity contribution in [3.8, 4) is 11.5 Å². The van der Waals surface area contributed by atoms with Gasteiger partial charge < -0.3 is 10.5 Å². The molecule has 94 valence electrons. The second-order valence-corrected chi connectivity index (χ2v) is 4.42. The van der Waals surface area contributed by atoms with Crippen LogP contribution < -0.4 is 10.5 Å². The molecule has 1 unspecified atom stereocenters. The van der Waals surface area contributed by atoms with E-state index in [4.69, 9.17) is 10.5 Å². The van der Waals surface area contributed by atoms with Crippen LogP contribution in [-0.2, 0) is 0 Å². The normalized spacial score (nSPS) is 12.2. The summed E-state index contributed by atoms with van der Waals surface area (Å²) in [7, 11) is 0. The maximum atomic E-state index is 6.11. The molecule has 2 rings (SSSR count). The zero-order chi connectivity index (χ0) is 13.0. The molecule has 0 aromatic heterocycles. The minimum Gasteiger partial charge on any atom is -0.457 e. The minimum absolute atomic E-state index is 0.0187. The van der Waals surface area contributed by atoms with Crippen LogP contribution in [0.1, 0.15) is 30.5 Å². The number of ether oxygens (including phenoxy) is 1. The molecular formula is C16H19NO. The molecule has 0 spiro atoms. The van der Waals surface area contributed by atoms with Gasteiger partial charge in [-0.15, -0.1) is 0 Å². The molecule has 2 aromatic rings. The number of para-hydroxylation sites is 2. The summed E-state index contributed by atoms with van der Waals surface area (Å²) in [4.78, 5) is 0. The molecule has 0 bridgehead atoms. The monoisotopic (exact) mass is 241 g/mol. The maximum absolute atomic E-state index is 6.11. The van der Waals surface area contributed by atoms with Crippen LogP contribution in [0.2, 0.25) is 0 Å². The average molecular weight is 241 g/mol. The number of hydrogen-bond acceptors (Lipinski definition) is 2. The highest BCUT2D eigenvalue weighted by atomic mass is 16.5. The highest BCUT2D eigenvalue weighted by Gasteiger charge is 2.11. The Morgan fingerprint density at radius 2 is 1.61 bits per heavy atom. The zero-order valence-corrected chi connectivity index (χ0v) is 10.9. The van der Waals surface area contributed by atoms with Gasteiger partial charge in [-0.25, -0.2) is 0 Å². The van der Waals surface area contributed by atoms with Crippen molar-refractivity contribution >= 4 is 0 Å². The first-order valence-corrected chi connectivity index (χ1v) is 6.30. The lowest BCUT2D eigenvalue weighted by atomic mass is 10.0. The zero-order valence-electron chi connectivity index (χ0n) is 10.9. The molecule has 1 atom stereocenters. The predicted octanol–water partition coefficient (Wildman–Crippen LogP) is 4.20. The number of rotatable bonds is 4. The molecule has 0 heterocycles. The Hall–Kier alpha value is -1.80. The number of benzene rings is 2. The molecule has 0 fully saturated rings. The largest absolute Gasteiger partial charge is 0.457 e. The van der Waals surface area contributed by atoms with Crippen LogP contribution in [0, 0.1) is 6.92 Å². The first kappa shape index (κ1) is 12.7. The van der Waals surface area contributed by atoms with Gasteiger partial charge >= 0.3 is 0 Å². The summed E-state index contributed by atoms with van der Waals surface area (Å²) >= 11 is 0. The predicted molar refractivity (Wildman–Crippen MR) is 74.9 cm³/mol. The highest BCUT2D eigenvalue weighted by Crippen LogP contribution is 2.31. The standard InChI is InChI=1S/C16H19NO/c1-3-14(17)13-9-5-7-11-16(13)18-15-10-6-4-8-12(15)2/h4-11,14H,3,17H2,1-2H3. The number of aryl methyl sites for hydroxylation is 1. The van der Waals surface area contributed by atoms with Crippen LogP contribution in [0.5, 0.6) is 11.5 Å². The Balaban J connectivity index is 2.32. The molecule has 0 aliphatic carbocycles.